The highest BCUT2D eigenvalue weighted by atomic mass is 16.5. The Balaban J connectivity index is 1.40. The van der Waals surface area contributed by atoms with E-state index in [1.807, 2.05) is 0 Å². The molecule has 0 radical (unpaired) electrons. The fourth-order valence-corrected chi connectivity index (χ4v) is 9.89. The standard InChI is InChI=1S/C28H40O4/c1-16(29)6-9-24(32-18(3)30)17(2)21-7-8-22-20-14-25(31)28-15-19(28)10-13-27(28,5)23(20)11-12-26(21,22)4/h6,9,17,19-24H,7-8,10-15H2,1-5H3/b9-6+/t17-,19+,20-,21+,22-,23-,24-,26+,27+,28-/m0/s1. The molecule has 5 aliphatic carbocycles. The molecule has 0 saturated heterocycles. The Kier molecular flexibility index (Phi) is 5.08. The number of carbonyl (C=O) groups excluding carboxylic acids is 3. The highest BCUT2D eigenvalue weighted by Gasteiger charge is 2.77. The van der Waals surface area contributed by atoms with E-state index in [4.69, 9.17) is 4.74 Å². The molecule has 10 atom stereocenters. The van der Waals surface area contributed by atoms with Gasteiger partial charge in [0.05, 0.1) is 0 Å². The molecule has 0 N–H and O–H groups in total. The summed E-state index contributed by atoms with van der Waals surface area (Å²) < 4.78 is 5.68. The van der Waals surface area contributed by atoms with Crippen LogP contribution in [-0.4, -0.2) is 23.6 Å². The molecule has 0 unspecified atom stereocenters. The summed E-state index contributed by atoms with van der Waals surface area (Å²) in [5, 5.41) is 0. The molecule has 0 aromatic rings. The van der Waals surface area contributed by atoms with Crippen molar-refractivity contribution >= 4 is 17.5 Å². The van der Waals surface area contributed by atoms with Crippen LogP contribution in [0.4, 0.5) is 0 Å². The smallest absolute Gasteiger partial charge is 0.303 e. The molecular weight excluding hydrogens is 400 g/mol. The molecule has 0 aliphatic heterocycles. The number of fused-ring (bicyclic) bond motifs is 4. The SMILES string of the molecule is CC(=O)/C=C/[C@H](OC(C)=O)[C@@H](C)[C@H]1CC[C@H]2[C@@H]3CC(=O)[C@]45C[C@H]4CC[C@]5(C)[C@H]3CC[C@]12C. The van der Waals surface area contributed by atoms with E-state index < -0.39 is 0 Å². The molecule has 32 heavy (non-hydrogen) atoms. The second-order valence-corrected chi connectivity index (χ2v) is 12.5. The van der Waals surface area contributed by atoms with Gasteiger partial charge < -0.3 is 4.74 Å². The molecule has 1 spiro atoms. The normalized spacial score (nSPS) is 48.4. The van der Waals surface area contributed by atoms with Crippen molar-refractivity contribution in [3.05, 3.63) is 12.2 Å². The van der Waals surface area contributed by atoms with E-state index in [1.54, 1.807) is 12.2 Å². The summed E-state index contributed by atoms with van der Waals surface area (Å²) >= 11 is 0. The fourth-order valence-electron chi connectivity index (χ4n) is 9.89. The van der Waals surface area contributed by atoms with Crippen LogP contribution in [0.1, 0.15) is 86.0 Å². The molecule has 0 bridgehead atoms. The number of allylic oxidation sites excluding steroid dienone is 1. The largest absolute Gasteiger partial charge is 0.458 e. The van der Waals surface area contributed by atoms with E-state index in [0.29, 0.717) is 35.4 Å². The van der Waals surface area contributed by atoms with Gasteiger partial charge >= 0.3 is 5.97 Å². The van der Waals surface area contributed by atoms with Crippen LogP contribution in [0.15, 0.2) is 12.2 Å². The van der Waals surface area contributed by atoms with E-state index in [2.05, 4.69) is 20.8 Å². The van der Waals surface area contributed by atoms with Crippen LogP contribution in [-0.2, 0) is 19.1 Å². The first kappa shape index (κ1) is 22.3. The number of ketones is 2. The van der Waals surface area contributed by atoms with Gasteiger partial charge in [0.2, 0.25) is 0 Å². The first-order chi connectivity index (χ1) is 15.0. The zero-order valence-electron chi connectivity index (χ0n) is 20.5. The molecule has 176 valence electrons. The van der Waals surface area contributed by atoms with Gasteiger partial charge in [0.25, 0.3) is 0 Å². The zero-order chi connectivity index (χ0) is 23.1. The lowest BCUT2D eigenvalue weighted by molar-refractivity contribution is -0.155. The number of hydrogen-bond acceptors (Lipinski definition) is 4. The number of esters is 1. The Hall–Kier alpha value is -1.45. The average molecular weight is 441 g/mol. The van der Waals surface area contributed by atoms with E-state index in [9.17, 15) is 14.4 Å². The second-order valence-electron chi connectivity index (χ2n) is 12.5. The van der Waals surface area contributed by atoms with Crippen molar-refractivity contribution in [3.8, 4) is 0 Å². The van der Waals surface area contributed by atoms with Gasteiger partial charge in [-0.15, -0.1) is 0 Å². The molecule has 5 fully saturated rings. The maximum Gasteiger partial charge on any atom is 0.303 e. The fraction of sp³-hybridized carbons (Fsp3) is 0.821. The summed E-state index contributed by atoms with van der Waals surface area (Å²) in [5.41, 5.74) is 0.448. The van der Waals surface area contributed by atoms with Crippen molar-refractivity contribution < 1.29 is 19.1 Å². The first-order valence-corrected chi connectivity index (χ1v) is 12.9. The number of hydrogen-bond donors (Lipinski definition) is 0. The van der Waals surface area contributed by atoms with Crippen LogP contribution >= 0.6 is 0 Å². The van der Waals surface area contributed by atoms with E-state index in [-0.39, 0.29) is 40.0 Å². The maximum atomic E-state index is 13.5. The molecule has 0 amide bonds. The number of rotatable bonds is 5. The summed E-state index contributed by atoms with van der Waals surface area (Å²) in [6.45, 7) is 10.1. The number of ether oxygens (including phenoxy) is 1. The van der Waals surface area contributed by atoms with Gasteiger partial charge in [-0.3, -0.25) is 14.4 Å². The molecule has 4 nitrogen and oxygen atoms in total. The van der Waals surface area contributed by atoms with Gasteiger partial charge in [-0.05, 0) is 104 Å². The first-order valence-electron chi connectivity index (χ1n) is 12.9. The van der Waals surface area contributed by atoms with Crippen molar-refractivity contribution in [3.63, 3.8) is 0 Å². The molecule has 0 aromatic carbocycles. The predicted octanol–water partition coefficient (Wildman–Crippen LogP) is 5.54. The van der Waals surface area contributed by atoms with Crippen molar-refractivity contribution in [2.45, 2.75) is 92.1 Å². The third-order valence-corrected chi connectivity index (χ3v) is 11.4. The monoisotopic (exact) mass is 440 g/mol. The Morgan fingerprint density at radius 3 is 2.47 bits per heavy atom. The van der Waals surface area contributed by atoms with Crippen LogP contribution in [0, 0.1) is 51.8 Å². The van der Waals surface area contributed by atoms with Crippen LogP contribution in [0.2, 0.25) is 0 Å². The highest BCUT2D eigenvalue weighted by molar-refractivity contribution is 5.91. The highest BCUT2D eigenvalue weighted by Crippen LogP contribution is 2.80. The lowest BCUT2D eigenvalue weighted by Gasteiger charge is -2.58. The molecule has 5 saturated carbocycles. The van der Waals surface area contributed by atoms with Gasteiger partial charge in [0, 0.05) is 24.7 Å². The quantitative estimate of drug-likeness (QED) is 0.416. The summed E-state index contributed by atoms with van der Waals surface area (Å²) in [6.07, 6.45) is 12.2. The van der Waals surface area contributed by atoms with Gasteiger partial charge in [-0.25, -0.2) is 0 Å². The average Bonchev–Trinajstić information content (AvgIpc) is 3.24. The lowest BCUT2D eigenvalue weighted by Crippen LogP contribution is -2.55. The van der Waals surface area contributed by atoms with Gasteiger partial charge in [-0.2, -0.15) is 0 Å². The maximum absolute atomic E-state index is 13.5. The van der Waals surface area contributed by atoms with E-state index >= 15 is 0 Å². The van der Waals surface area contributed by atoms with Crippen LogP contribution in [0.5, 0.6) is 0 Å². The summed E-state index contributed by atoms with van der Waals surface area (Å²) in [6, 6.07) is 0. The van der Waals surface area contributed by atoms with Gasteiger partial charge in [-0.1, -0.05) is 20.8 Å². The Morgan fingerprint density at radius 2 is 1.81 bits per heavy atom. The molecular formula is C28H40O4. The molecule has 0 heterocycles. The van der Waals surface area contributed by atoms with Gasteiger partial charge in [0.15, 0.2) is 5.78 Å². The Labute approximate surface area is 192 Å². The minimum atomic E-state index is -0.370. The number of carbonyl (C=O) groups is 3. The third-order valence-electron chi connectivity index (χ3n) is 11.4. The van der Waals surface area contributed by atoms with Crippen molar-refractivity contribution in [1.29, 1.82) is 0 Å². The molecule has 5 rings (SSSR count). The minimum absolute atomic E-state index is 0.0248. The Bertz CT molecular complexity index is 875. The third kappa shape index (κ3) is 2.89. The summed E-state index contributed by atoms with van der Waals surface area (Å²) in [5.74, 6) is 3.34. The van der Waals surface area contributed by atoms with Crippen LogP contribution < -0.4 is 0 Å². The predicted molar refractivity (Wildman–Crippen MR) is 123 cm³/mol. The van der Waals surface area contributed by atoms with Crippen LogP contribution in [0.25, 0.3) is 0 Å². The second kappa shape index (κ2) is 7.27. The Morgan fingerprint density at radius 1 is 1.06 bits per heavy atom. The van der Waals surface area contributed by atoms with Gasteiger partial charge in [0.1, 0.15) is 11.9 Å². The van der Waals surface area contributed by atoms with E-state index in [0.717, 1.165) is 12.8 Å². The van der Waals surface area contributed by atoms with Crippen molar-refractivity contribution in [2.75, 3.05) is 0 Å². The molecule has 4 heteroatoms. The van der Waals surface area contributed by atoms with E-state index in [1.165, 1.54) is 52.4 Å². The van der Waals surface area contributed by atoms with Crippen LogP contribution in [0.3, 0.4) is 0 Å². The topological polar surface area (TPSA) is 60.4 Å². The summed E-state index contributed by atoms with van der Waals surface area (Å²) in [4.78, 5) is 36.8. The lowest BCUT2D eigenvalue weighted by atomic mass is 9.45. The van der Waals surface area contributed by atoms with Crippen molar-refractivity contribution in [2.24, 2.45) is 51.8 Å². The summed E-state index contributed by atoms with van der Waals surface area (Å²) in [7, 11) is 0. The van der Waals surface area contributed by atoms with Crippen molar-refractivity contribution in [1.82, 2.24) is 0 Å². The molecule has 5 aliphatic rings. The minimum Gasteiger partial charge on any atom is -0.458 e. The molecule has 0 aromatic heterocycles. The number of Topliss-reactive ketones (excluding diaryl/α,β-unsaturated/α-hetero) is 1. The zero-order valence-corrected chi connectivity index (χ0v) is 20.5.